The van der Waals surface area contributed by atoms with Gasteiger partial charge < -0.3 is 9.67 Å². The standard InChI is InChI=1S/C21H19O3P/c22-16-21(23,18-10-4-1-5-11-18)17-25(24,19-12-6-2-7-13-19)20-14-8-3-9-15-20/h1-16,23H,17H2/t21-/m0/s1. The lowest BCUT2D eigenvalue weighted by molar-refractivity contribution is -0.122. The van der Waals surface area contributed by atoms with E-state index in [1.807, 2.05) is 42.5 Å². The largest absolute Gasteiger partial charge is 0.377 e. The van der Waals surface area contributed by atoms with Gasteiger partial charge in [0.2, 0.25) is 0 Å². The number of benzene rings is 3. The summed E-state index contributed by atoms with van der Waals surface area (Å²) < 4.78 is 14.0. The summed E-state index contributed by atoms with van der Waals surface area (Å²) in [5.41, 5.74) is -1.38. The molecule has 1 atom stereocenters. The minimum absolute atomic E-state index is 0.179. The predicted octanol–water partition coefficient (Wildman–Crippen LogP) is 3.09. The van der Waals surface area contributed by atoms with Crippen LogP contribution in [-0.4, -0.2) is 17.6 Å². The first-order chi connectivity index (χ1) is 12.1. The molecule has 0 unspecified atom stereocenters. The van der Waals surface area contributed by atoms with Gasteiger partial charge in [-0.1, -0.05) is 91.0 Å². The number of carbonyl (C=O) groups is 1. The van der Waals surface area contributed by atoms with E-state index in [1.165, 1.54) is 0 Å². The van der Waals surface area contributed by atoms with Gasteiger partial charge in [0.1, 0.15) is 7.14 Å². The molecule has 3 nitrogen and oxygen atoms in total. The molecule has 0 radical (unpaired) electrons. The van der Waals surface area contributed by atoms with Crippen LogP contribution in [0.4, 0.5) is 0 Å². The van der Waals surface area contributed by atoms with Gasteiger partial charge in [-0.25, -0.2) is 0 Å². The zero-order chi connectivity index (χ0) is 17.8. The van der Waals surface area contributed by atoms with E-state index in [0.717, 1.165) is 0 Å². The van der Waals surface area contributed by atoms with Crippen LogP contribution in [-0.2, 0) is 15.0 Å². The average molecular weight is 350 g/mol. The first kappa shape index (κ1) is 17.3. The number of rotatable bonds is 6. The summed E-state index contributed by atoms with van der Waals surface area (Å²) in [5.74, 6) is 0. The third-order valence-corrected chi connectivity index (χ3v) is 7.47. The van der Waals surface area contributed by atoms with Crippen LogP contribution in [0.15, 0.2) is 91.0 Å². The van der Waals surface area contributed by atoms with Gasteiger partial charge in [-0.2, -0.15) is 0 Å². The van der Waals surface area contributed by atoms with Crippen LogP contribution in [0.25, 0.3) is 0 Å². The Hall–Kier alpha value is -2.48. The van der Waals surface area contributed by atoms with Gasteiger partial charge in [0.15, 0.2) is 11.9 Å². The topological polar surface area (TPSA) is 54.4 Å². The quantitative estimate of drug-likeness (QED) is 0.549. The molecule has 0 saturated carbocycles. The Morgan fingerprint density at radius 1 is 0.760 bits per heavy atom. The minimum Gasteiger partial charge on any atom is -0.377 e. The van der Waals surface area contributed by atoms with E-state index in [-0.39, 0.29) is 6.16 Å². The summed E-state index contributed by atoms with van der Waals surface area (Å²) in [6.07, 6.45) is 0.308. The van der Waals surface area contributed by atoms with Gasteiger partial charge in [-0.3, -0.25) is 4.79 Å². The summed E-state index contributed by atoms with van der Waals surface area (Å²) in [6, 6.07) is 26.7. The van der Waals surface area contributed by atoms with Crippen molar-refractivity contribution in [3.8, 4) is 0 Å². The lowest BCUT2D eigenvalue weighted by Crippen LogP contribution is -2.36. The maximum atomic E-state index is 14.0. The molecule has 0 fully saturated rings. The highest BCUT2D eigenvalue weighted by Gasteiger charge is 2.40. The highest BCUT2D eigenvalue weighted by Crippen LogP contribution is 2.47. The maximum absolute atomic E-state index is 14.0. The van der Waals surface area contributed by atoms with E-state index in [4.69, 9.17) is 0 Å². The Labute approximate surface area is 147 Å². The molecule has 0 aliphatic rings. The van der Waals surface area contributed by atoms with Crippen LogP contribution < -0.4 is 10.6 Å². The van der Waals surface area contributed by atoms with Crippen molar-refractivity contribution in [2.45, 2.75) is 5.60 Å². The van der Waals surface area contributed by atoms with Crippen molar-refractivity contribution in [2.24, 2.45) is 0 Å². The van der Waals surface area contributed by atoms with E-state index in [9.17, 15) is 14.5 Å². The van der Waals surface area contributed by atoms with E-state index < -0.39 is 12.7 Å². The van der Waals surface area contributed by atoms with Gasteiger partial charge >= 0.3 is 0 Å². The summed E-state index contributed by atoms with van der Waals surface area (Å²) in [5, 5.41) is 12.3. The fourth-order valence-corrected chi connectivity index (χ4v) is 5.84. The zero-order valence-electron chi connectivity index (χ0n) is 13.7. The van der Waals surface area contributed by atoms with Crippen LogP contribution in [0, 0.1) is 0 Å². The number of hydrogen-bond donors (Lipinski definition) is 1. The molecule has 25 heavy (non-hydrogen) atoms. The molecule has 3 rings (SSSR count). The SMILES string of the molecule is O=C[C@](O)(CP(=O)(c1ccccc1)c1ccccc1)c1ccccc1. The minimum atomic E-state index is -3.21. The molecule has 3 aromatic rings. The lowest BCUT2D eigenvalue weighted by Gasteiger charge is -2.28. The van der Waals surface area contributed by atoms with Crippen molar-refractivity contribution in [3.05, 3.63) is 96.6 Å². The first-order valence-corrected chi connectivity index (χ1v) is 9.92. The van der Waals surface area contributed by atoms with Crippen molar-refractivity contribution in [1.29, 1.82) is 0 Å². The zero-order valence-corrected chi connectivity index (χ0v) is 14.6. The van der Waals surface area contributed by atoms with Crippen LogP contribution in [0.3, 0.4) is 0 Å². The van der Waals surface area contributed by atoms with Crippen molar-refractivity contribution in [1.82, 2.24) is 0 Å². The lowest BCUT2D eigenvalue weighted by atomic mass is 9.98. The Balaban J connectivity index is 2.13. The molecule has 0 heterocycles. The smallest absolute Gasteiger partial charge is 0.156 e. The fourth-order valence-electron chi connectivity index (χ4n) is 2.93. The van der Waals surface area contributed by atoms with Crippen LogP contribution in [0.1, 0.15) is 5.56 Å². The highest BCUT2D eigenvalue weighted by molar-refractivity contribution is 7.78. The third-order valence-electron chi connectivity index (χ3n) is 4.28. The first-order valence-electron chi connectivity index (χ1n) is 8.03. The van der Waals surface area contributed by atoms with Crippen molar-refractivity contribution < 1.29 is 14.5 Å². The van der Waals surface area contributed by atoms with Gasteiger partial charge in [0.25, 0.3) is 0 Å². The van der Waals surface area contributed by atoms with Gasteiger partial charge in [-0.15, -0.1) is 0 Å². The molecule has 0 saturated heterocycles. The number of hydrogen-bond acceptors (Lipinski definition) is 3. The Kier molecular flexibility index (Phi) is 4.98. The normalized spacial score (nSPS) is 13.8. The summed E-state index contributed by atoms with van der Waals surface area (Å²) in [7, 11) is -3.21. The van der Waals surface area contributed by atoms with Gasteiger partial charge in [0.05, 0.1) is 0 Å². The Morgan fingerprint density at radius 3 is 1.56 bits per heavy atom. The molecule has 0 spiro atoms. The highest BCUT2D eigenvalue weighted by atomic mass is 31.2. The molecule has 0 bridgehead atoms. The second kappa shape index (κ2) is 7.18. The van der Waals surface area contributed by atoms with Crippen molar-refractivity contribution in [3.63, 3.8) is 0 Å². The molecule has 3 aromatic carbocycles. The van der Waals surface area contributed by atoms with E-state index in [2.05, 4.69) is 0 Å². The molecular weight excluding hydrogens is 331 g/mol. The molecule has 126 valence electrons. The van der Waals surface area contributed by atoms with Crippen LogP contribution >= 0.6 is 7.14 Å². The van der Waals surface area contributed by atoms with E-state index in [0.29, 0.717) is 22.5 Å². The van der Waals surface area contributed by atoms with Crippen molar-refractivity contribution >= 4 is 24.0 Å². The molecule has 0 aliphatic carbocycles. The van der Waals surface area contributed by atoms with Crippen molar-refractivity contribution in [2.75, 3.05) is 6.16 Å². The number of carbonyl (C=O) groups excluding carboxylic acids is 1. The maximum Gasteiger partial charge on any atom is 0.156 e. The van der Waals surface area contributed by atoms with Crippen LogP contribution in [0.5, 0.6) is 0 Å². The molecule has 1 N–H and O–H groups in total. The monoisotopic (exact) mass is 350 g/mol. The molecule has 4 heteroatoms. The number of aldehydes is 1. The molecule has 0 aromatic heterocycles. The summed E-state index contributed by atoms with van der Waals surface area (Å²) >= 11 is 0. The second-order valence-corrected chi connectivity index (χ2v) is 8.81. The Morgan fingerprint density at radius 2 is 1.16 bits per heavy atom. The molecule has 0 aliphatic heterocycles. The second-order valence-electron chi connectivity index (χ2n) is 5.98. The fraction of sp³-hybridized carbons (Fsp3) is 0.0952. The number of aliphatic hydroxyl groups is 1. The average Bonchev–Trinajstić information content (AvgIpc) is 2.70. The van der Waals surface area contributed by atoms with Gasteiger partial charge in [0, 0.05) is 16.8 Å². The predicted molar refractivity (Wildman–Crippen MR) is 101 cm³/mol. The Bertz CT molecular complexity index is 835. The molecule has 0 amide bonds. The summed E-state index contributed by atoms with van der Waals surface area (Å²) in [6.45, 7) is 0. The van der Waals surface area contributed by atoms with E-state index in [1.54, 1.807) is 48.5 Å². The van der Waals surface area contributed by atoms with E-state index >= 15 is 0 Å². The van der Waals surface area contributed by atoms with Crippen LogP contribution in [0.2, 0.25) is 0 Å². The third kappa shape index (κ3) is 3.48. The molecular formula is C21H19O3P. The van der Waals surface area contributed by atoms with Gasteiger partial charge in [-0.05, 0) is 5.56 Å². The summed E-state index contributed by atoms with van der Waals surface area (Å²) in [4.78, 5) is 11.8.